The van der Waals surface area contributed by atoms with Crippen LogP contribution in [0.3, 0.4) is 0 Å². The summed E-state index contributed by atoms with van der Waals surface area (Å²) in [6.45, 7) is 2.74. The molecule has 20 heavy (non-hydrogen) atoms. The number of terminal acetylenes is 1. The lowest BCUT2D eigenvalue weighted by Crippen LogP contribution is -2.38. The van der Waals surface area contributed by atoms with Crippen LogP contribution in [0, 0.1) is 12.3 Å². The van der Waals surface area contributed by atoms with Crippen molar-refractivity contribution in [3.8, 4) is 12.3 Å². The van der Waals surface area contributed by atoms with Crippen LogP contribution in [0.15, 0.2) is 17.1 Å². The van der Waals surface area contributed by atoms with Crippen molar-refractivity contribution in [3.05, 3.63) is 22.6 Å². The van der Waals surface area contributed by atoms with E-state index in [1.807, 2.05) is 4.90 Å². The first-order valence-electron chi connectivity index (χ1n) is 6.31. The lowest BCUT2D eigenvalue weighted by atomic mass is 10.3. The number of hydrogen-bond acceptors (Lipinski definition) is 5. The molecule has 0 bridgehead atoms. The Balaban J connectivity index is 2.04. The second kappa shape index (κ2) is 6.73. The molecule has 7 heteroatoms. The first-order valence-corrected chi connectivity index (χ1v) is 6.31. The second-order valence-corrected chi connectivity index (χ2v) is 4.29. The van der Waals surface area contributed by atoms with Crippen LogP contribution in [-0.4, -0.2) is 48.5 Å². The Kier molecular flexibility index (Phi) is 4.74. The molecule has 1 fully saturated rings. The molecule has 2 heterocycles. The van der Waals surface area contributed by atoms with Gasteiger partial charge in [0, 0.05) is 19.2 Å². The molecule has 1 aliphatic rings. The molecule has 1 N–H and O–H groups in total. The molecule has 0 aliphatic carbocycles. The van der Waals surface area contributed by atoms with Crippen molar-refractivity contribution >= 4 is 11.6 Å². The van der Waals surface area contributed by atoms with Crippen LogP contribution in [0.5, 0.6) is 0 Å². The van der Waals surface area contributed by atoms with Crippen molar-refractivity contribution in [2.24, 2.45) is 0 Å². The van der Waals surface area contributed by atoms with E-state index in [0.717, 1.165) is 23.5 Å². The summed E-state index contributed by atoms with van der Waals surface area (Å²) in [5.74, 6) is 1.96. The number of ether oxygens (including phenoxy) is 1. The van der Waals surface area contributed by atoms with E-state index >= 15 is 0 Å². The molecule has 0 spiro atoms. The van der Waals surface area contributed by atoms with Gasteiger partial charge < -0.3 is 15.0 Å². The minimum atomic E-state index is -0.336. The zero-order valence-corrected chi connectivity index (χ0v) is 11.0. The summed E-state index contributed by atoms with van der Waals surface area (Å²) in [7, 11) is 0. The smallest absolute Gasteiger partial charge is 0.269 e. The van der Waals surface area contributed by atoms with Gasteiger partial charge in [0.2, 0.25) is 5.91 Å². The molecule has 1 aromatic rings. The van der Waals surface area contributed by atoms with Crippen LogP contribution < -0.4 is 15.8 Å². The van der Waals surface area contributed by atoms with E-state index in [-0.39, 0.29) is 24.6 Å². The fourth-order valence-corrected chi connectivity index (χ4v) is 1.88. The van der Waals surface area contributed by atoms with E-state index < -0.39 is 0 Å². The number of morpholine rings is 1. The monoisotopic (exact) mass is 276 g/mol. The van der Waals surface area contributed by atoms with Gasteiger partial charge in [-0.15, -0.1) is 6.42 Å². The van der Waals surface area contributed by atoms with Gasteiger partial charge in [0.05, 0.1) is 31.6 Å². The van der Waals surface area contributed by atoms with E-state index in [4.69, 9.17) is 11.2 Å². The van der Waals surface area contributed by atoms with Crippen LogP contribution >= 0.6 is 0 Å². The van der Waals surface area contributed by atoms with Gasteiger partial charge in [-0.05, 0) is 0 Å². The fourth-order valence-electron chi connectivity index (χ4n) is 1.88. The quantitative estimate of drug-likeness (QED) is 0.701. The average molecular weight is 276 g/mol. The molecule has 1 saturated heterocycles. The van der Waals surface area contributed by atoms with Crippen LogP contribution in [0.1, 0.15) is 0 Å². The maximum absolute atomic E-state index is 11.9. The highest BCUT2D eigenvalue weighted by molar-refractivity contribution is 5.75. The highest BCUT2D eigenvalue weighted by Gasteiger charge is 2.13. The van der Waals surface area contributed by atoms with Gasteiger partial charge in [-0.3, -0.25) is 9.59 Å². The minimum absolute atomic E-state index is 0.135. The number of aromatic nitrogens is 2. The summed E-state index contributed by atoms with van der Waals surface area (Å²) < 4.78 is 6.36. The Hall–Kier alpha value is -2.33. The third-order valence-corrected chi connectivity index (χ3v) is 2.91. The highest BCUT2D eigenvalue weighted by Crippen LogP contribution is 2.11. The first kappa shape index (κ1) is 14.1. The van der Waals surface area contributed by atoms with Crippen LogP contribution in [0.2, 0.25) is 0 Å². The Morgan fingerprint density at radius 3 is 2.90 bits per heavy atom. The summed E-state index contributed by atoms with van der Waals surface area (Å²) in [6.07, 6.45) is 6.62. The largest absolute Gasteiger partial charge is 0.378 e. The molecule has 1 aromatic heterocycles. The zero-order chi connectivity index (χ0) is 14.4. The maximum atomic E-state index is 11.9. The predicted molar refractivity (Wildman–Crippen MR) is 73.4 cm³/mol. The molecule has 1 amide bonds. The third kappa shape index (κ3) is 3.59. The number of nitrogens with zero attached hydrogens (tertiary/aromatic N) is 3. The van der Waals surface area contributed by atoms with E-state index in [1.165, 1.54) is 6.07 Å². The summed E-state index contributed by atoms with van der Waals surface area (Å²) in [6, 6.07) is 1.48. The summed E-state index contributed by atoms with van der Waals surface area (Å²) in [5, 5.41) is 6.49. The van der Waals surface area contributed by atoms with Crippen LogP contribution in [0.4, 0.5) is 5.69 Å². The summed E-state index contributed by atoms with van der Waals surface area (Å²) >= 11 is 0. The molecular formula is C13H16N4O3. The van der Waals surface area contributed by atoms with Crippen molar-refractivity contribution in [1.29, 1.82) is 0 Å². The van der Waals surface area contributed by atoms with Gasteiger partial charge in [-0.1, -0.05) is 5.92 Å². The Bertz CT molecular complexity index is 570. The molecule has 0 atom stereocenters. The number of amides is 1. The van der Waals surface area contributed by atoms with Crippen molar-refractivity contribution in [2.75, 3.05) is 37.7 Å². The van der Waals surface area contributed by atoms with Gasteiger partial charge in [-0.25, -0.2) is 4.68 Å². The molecule has 0 unspecified atom stereocenters. The summed E-state index contributed by atoms with van der Waals surface area (Å²) in [4.78, 5) is 25.4. The maximum Gasteiger partial charge on any atom is 0.269 e. The topological polar surface area (TPSA) is 76.5 Å². The van der Waals surface area contributed by atoms with Gasteiger partial charge >= 0.3 is 0 Å². The average Bonchev–Trinajstić information content (AvgIpc) is 2.48. The Morgan fingerprint density at radius 1 is 1.50 bits per heavy atom. The second-order valence-electron chi connectivity index (χ2n) is 4.29. The normalized spacial score (nSPS) is 14.7. The SMILES string of the molecule is C#CCNC(=O)Cn1ncc(N2CCOCC2)cc1=O. The lowest BCUT2D eigenvalue weighted by molar-refractivity contribution is -0.121. The predicted octanol–water partition coefficient (Wildman–Crippen LogP) is -1.17. The van der Waals surface area contributed by atoms with Crippen molar-refractivity contribution in [3.63, 3.8) is 0 Å². The number of hydrogen-bond donors (Lipinski definition) is 1. The number of carbonyl (C=O) groups excluding carboxylic acids is 1. The molecule has 7 nitrogen and oxygen atoms in total. The molecule has 1 aliphatic heterocycles. The van der Waals surface area contributed by atoms with E-state index in [9.17, 15) is 9.59 Å². The van der Waals surface area contributed by atoms with Gasteiger partial charge in [0.15, 0.2) is 0 Å². The first-order chi connectivity index (χ1) is 9.70. The van der Waals surface area contributed by atoms with Crippen molar-refractivity contribution < 1.29 is 9.53 Å². The lowest BCUT2D eigenvalue weighted by Gasteiger charge is -2.28. The number of carbonyl (C=O) groups is 1. The van der Waals surface area contributed by atoms with Gasteiger partial charge in [-0.2, -0.15) is 5.10 Å². The zero-order valence-electron chi connectivity index (χ0n) is 11.0. The van der Waals surface area contributed by atoms with Gasteiger partial charge in [0.1, 0.15) is 6.54 Å². The molecule has 0 radical (unpaired) electrons. The molecule has 0 aromatic carbocycles. The third-order valence-electron chi connectivity index (χ3n) is 2.91. The molecule has 2 rings (SSSR count). The van der Waals surface area contributed by atoms with Crippen LogP contribution in [0.25, 0.3) is 0 Å². The van der Waals surface area contributed by atoms with Gasteiger partial charge in [0.25, 0.3) is 5.56 Å². The van der Waals surface area contributed by atoms with E-state index in [0.29, 0.717) is 13.2 Å². The number of anilines is 1. The number of nitrogens with one attached hydrogen (secondary N) is 1. The fraction of sp³-hybridized carbons (Fsp3) is 0.462. The highest BCUT2D eigenvalue weighted by atomic mass is 16.5. The Labute approximate surface area is 116 Å². The Morgan fingerprint density at radius 2 is 2.25 bits per heavy atom. The van der Waals surface area contributed by atoms with E-state index in [1.54, 1.807) is 6.20 Å². The number of rotatable bonds is 4. The standard InChI is InChI=1S/C13H16N4O3/c1-2-3-14-12(18)10-17-13(19)8-11(9-15-17)16-4-6-20-7-5-16/h1,8-9H,3-7,10H2,(H,14,18). The molecule has 0 saturated carbocycles. The van der Waals surface area contributed by atoms with E-state index in [2.05, 4.69) is 16.3 Å². The minimum Gasteiger partial charge on any atom is -0.378 e. The van der Waals surface area contributed by atoms with Crippen molar-refractivity contribution in [2.45, 2.75) is 6.54 Å². The van der Waals surface area contributed by atoms with Crippen LogP contribution in [-0.2, 0) is 16.1 Å². The molecule has 106 valence electrons. The van der Waals surface area contributed by atoms with Crippen molar-refractivity contribution in [1.82, 2.24) is 15.1 Å². The molecular weight excluding hydrogens is 260 g/mol. The summed E-state index contributed by atoms with van der Waals surface area (Å²) in [5.41, 5.74) is 0.434.